The molecule has 110 valence electrons. The minimum Gasteiger partial charge on any atom is -0.366 e. The fraction of sp³-hybridized carbons (Fsp3) is 0.588. The van der Waals surface area contributed by atoms with E-state index in [1.807, 2.05) is 18.2 Å². The smallest absolute Gasteiger partial charge is 0.248 e. The molecule has 3 N–H and O–H groups in total. The van der Waals surface area contributed by atoms with Crippen molar-refractivity contribution in [1.29, 1.82) is 0 Å². The predicted molar refractivity (Wildman–Crippen MR) is 82.5 cm³/mol. The molecule has 1 aromatic rings. The molecule has 1 fully saturated rings. The number of nitrogens with two attached hydrogens (primary N) is 1. The summed E-state index contributed by atoms with van der Waals surface area (Å²) in [6.45, 7) is 3.12. The zero-order chi connectivity index (χ0) is 14.4. The van der Waals surface area contributed by atoms with Crippen LogP contribution in [0.1, 0.15) is 61.4 Å². The molecule has 20 heavy (non-hydrogen) atoms. The number of rotatable bonds is 5. The van der Waals surface area contributed by atoms with Gasteiger partial charge in [0, 0.05) is 18.2 Å². The van der Waals surface area contributed by atoms with Crippen molar-refractivity contribution in [2.45, 2.75) is 58.0 Å². The molecule has 0 saturated heterocycles. The topological polar surface area (TPSA) is 55.1 Å². The molecule has 1 aromatic carbocycles. The summed E-state index contributed by atoms with van der Waals surface area (Å²) in [4.78, 5) is 11.2. The van der Waals surface area contributed by atoms with Crippen molar-refractivity contribution >= 4 is 5.91 Å². The fourth-order valence-electron chi connectivity index (χ4n) is 3.09. The van der Waals surface area contributed by atoms with Gasteiger partial charge in [-0.15, -0.1) is 0 Å². The number of nitrogens with one attached hydrogen (secondary N) is 1. The highest BCUT2D eigenvalue weighted by atomic mass is 16.1. The van der Waals surface area contributed by atoms with Gasteiger partial charge in [-0.3, -0.25) is 4.79 Å². The number of hydrogen-bond donors (Lipinski definition) is 2. The van der Waals surface area contributed by atoms with Crippen molar-refractivity contribution < 1.29 is 4.79 Å². The predicted octanol–water partition coefficient (Wildman–Crippen LogP) is 3.23. The quantitative estimate of drug-likeness (QED) is 0.810. The molecule has 1 aliphatic carbocycles. The van der Waals surface area contributed by atoms with E-state index in [1.54, 1.807) is 6.07 Å². The summed E-state index contributed by atoms with van der Waals surface area (Å²) in [5.74, 6) is 0.562. The Bertz CT molecular complexity index is 444. The van der Waals surface area contributed by atoms with Crippen LogP contribution >= 0.6 is 0 Å². The summed E-state index contributed by atoms with van der Waals surface area (Å²) in [5, 5.41) is 3.64. The second-order valence-electron chi connectivity index (χ2n) is 5.92. The third-order valence-corrected chi connectivity index (χ3v) is 4.47. The van der Waals surface area contributed by atoms with Gasteiger partial charge in [0.05, 0.1) is 0 Å². The number of primary amides is 1. The first-order valence-corrected chi connectivity index (χ1v) is 7.81. The lowest BCUT2D eigenvalue weighted by Gasteiger charge is -2.17. The van der Waals surface area contributed by atoms with E-state index in [2.05, 4.69) is 12.2 Å². The van der Waals surface area contributed by atoms with Crippen molar-refractivity contribution in [2.75, 3.05) is 0 Å². The van der Waals surface area contributed by atoms with Gasteiger partial charge in [-0.05, 0) is 42.9 Å². The minimum absolute atomic E-state index is 0.355. The molecule has 0 spiro atoms. The molecule has 1 aliphatic rings. The van der Waals surface area contributed by atoms with Gasteiger partial charge >= 0.3 is 0 Å². The lowest BCUT2D eigenvalue weighted by Crippen LogP contribution is -2.28. The number of benzene rings is 1. The first-order valence-electron chi connectivity index (χ1n) is 7.81. The van der Waals surface area contributed by atoms with Gasteiger partial charge in [0.25, 0.3) is 0 Å². The summed E-state index contributed by atoms with van der Waals surface area (Å²) in [5.41, 5.74) is 7.04. The van der Waals surface area contributed by atoms with Crippen LogP contribution in [0.25, 0.3) is 0 Å². The van der Waals surface area contributed by atoms with Crippen LogP contribution < -0.4 is 11.1 Å². The molecule has 0 bridgehead atoms. The third kappa shape index (κ3) is 4.34. The maximum Gasteiger partial charge on any atom is 0.248 e. The van der Waals surface area contributed by atoms with Crippen molar-refractivity contribution in [1.82, 2.24) is 5.32 Å². The van der Waals surface area contributed by atoms with Crippen LogP contribution in [-0.4, -0.2) is 11.9 Å². The van der Waals surface area contributed by atoms with E-state index in [4.69, 9.17) is 5.73 Å². The molecule has 2 rings (SSSR count). The van der Waals surface area contributed by atoms with Gasteiger partial charge in [-0.25, -0.2) is 0 Å². The molecule has 0 heterocycles. The number of amides is 1. The fourth-order valence-corrected chi connectivity index (χ4v) is 3.09. The summed E-state index contributed by atoms with van der Waals surface area (Å²) in [6, 6.07) is 8.22. The highest BCUT2D eigenvalue weighted by molar-refractivity contribution is 5.92. The molecular formula is C17H26N2O. The van der Waals surface area contributed by atoms with Gasteiger partial charge in [-0.1, -0.05) is 38.3 Å². The summed E-state index contributed by atoms with van der Waals surface area (Å²) >= 11 is 0. The molecule has 3 heteroatoms. The maximum atomic E-state index is 11.2. The van der Waals surface area contributed by atoms with E-state index in [0.717, 1.165) is 18.0 Å². The van der Waals surface area contributed by atoms with Crippen molar-refractivity contribution in [3.05, 3.63) is 35.4 Å². The van der Waals surface area contributed by atoms with Crippen LogP contribution in [0.15, 0.2) is 24.3 Å². The monoisotopic (exact) mass is 274 g/mol. The van der Waals surface area contributed by atoms with Gasteiger partial charge in [-0.2, -0.15) is 0 Å². The molecule has 0 aromatic heterocycles. The average molecular weight is 274 g/mol. The zero-order valence-electron chi connectivity index (χ0n) is 12.4. The lowest BCUT2D eigenvalue weighted by atomic mass is 9.98. The van der Waals surface area contributed by atoms with Crippen molar-refractivity contribution in [2.24, 2.45) is 11.7 Å². The highest BCUT2D eigenvalue weighted by Gasteiger charge is 2.17. The van der Waals surface area contributed by atoms with Crippen LogP contribution in [0.5, 0.6) is 0 Å². The molecule has 2 atom stereocenters. The maximum absolute atomic E-state index is 11.2. The van der Waals surface area contributed by atoms with Crippen LogP contribution in [0.2, 0.25) is 0 Å². The number of hydrogen-bond acceptors (Lipinski definition) is 2. The summed E-state index contributed by atoms with van der Waals surface area (Å²) in [7, 11) is 0. The summed E-state index contributed by atoms with van der Waals surface area (Å²) < 4.78 is 0. The lowest BCUT2D eigenvalue weighted by molar-refractivity contribution is 0.1000. The molecule has 1 saturated carbocycles. The zero-order valence-corrected chi connectivity index (χ0v) is 12.4. The molecule has 0 aliphatic heterocycles. The number of carbonyl (C=O) groups excluding carboxylic acids is 1. The van der Waals surface area contributed by atoms with Gasteiger partial charge < -0.3 is 11.1 Å². The average Bonchev–Trinajstić information content (AvgIpc) is 2.70. The molecular weight excluding hydrogens is 248 g/mol. The second-order valence-corrected chi connectivity index (χ2v) is 5.92. The van der Waals surface area contributed by atoms with Crippen LogP contribution in [0, 0.1) is 5.92 Å². The Hall–Kier alpha value is -1.35. The molecule has 1 amide bonds. The minimum atomic E-state index is -0.355. The van der Waals surface area contributed by atoms with E-state index in [1.165, 1.54) is 38.5 Å². The molecule has 2 unspecified atom stereocenters. The van der Waals surface area contributed by atoms with E-state index in [9.17, 15) is 4.79 Å². The standard InChI is InChI=1S/C17H26N2O/c1-2-13-5-4-8-16(10-9-13)19-12-14-6-3-7-15(11-14)17(18)20/h3,6-7,11,13,16,19H,2,4-5,8-10,12H2,1H3,(H2,18,20). The highest BCUT2D eigenvalue weighted by Crippen LogP contribution is 2.25. The van der Waals surface area contributed by atoms with Crippen molar-refractivity contribution in [3.63, 3.8) is 0 Å². The first-order chi connectivity index (χ1) is 9.69. The second kappa shape index (κ2) is 7.44. The van der Waals surface area contributed by atoms with Gasteiger partial charge in [0.2, 0.25) is 5.91 Å². The normalized spacial score (nSPS) is 23.2. The van der Waals surface area contributed by atoms with E-state index >= 15 is 0 Å². The Morgan fingerprint density at radius 3 is 2.90 bits per heavy atom. The van der Waals surface area contributed by atoms with Crippen LogP contribution in [0.3, 0.4) is 0 Å². The van der Waals surface area contributed by atoms with E-state index < -0.39 is 0 Å². The Morgan fingerprint density at radius 2 is 2.15 bits per heavy atom. The Kier molecular flexibility index (Phi) is 5.60. The Balaban J connectivity index is 1.85. The molecule has 3 nitrogen and oxygen atoms in total. The third-order valence-electron chi connectivity index (χ3n) is 4.47. The van der Waals surface area contributed by atoms with Crippen LogP contribution in [-0.2, 0) is 6.54 Å². The van der Waals surface area contributed by atoms with Crippen molar-refractivity contribution in [3.8, 4) is 0 Å². The van der Waals surface area contributed by atoms with Gasteiger partial charge in [0.1, 0.15) is 0 Å². The largest absolute Gasteiger partial charge is 0.366 e. The SMILES string of the molecule is CCC1CCCC(NCc2cccc(C(N)=O)c2)CC1. The Labute approximate surface area is 121 Å². The van der Waals surface area contributed by atoms with E-state index in [0.29, 0.717) is 11.6 Å². The number of carbonyl (C=O) groups is 1. The first kappa shape index (κ1) is 15.0. The Morgan fingerprint density at radius 1 is 1.30 bits per heavy atom. The van der Waals surface area contributed by atoms with E-state index in [-0.39, 0.29) is 5.91 Å². The van der Waals surface area contributed by atoms with Crippen LogP contribution in [0.4, 0.5) is 0 Å². The molecule has 0 radical (unpaired) electrons. The summed E-state index contributed by atoms with van der Waals surface area (Å²) in [6.07, 6.45) is 7.91. The van der Waals surface area contributed by atoms with Gasteiger partial charge in [0.15, 0.2) is 0 Å².